The van der Waals surface area contributed by atoms with Crippen molar-refractivity contribution in [1.29, 1.82) is 0 Å². The molecule has 1 heterocycles. The molecule has 1 aliphatic rings. The fourth-order valence-electron chi connectivity index (χ4n) is 2.62. The van der Waals surface area contributed by atoms with Crippen LogP contribution in [0.4, 0.5) is 13.2 Å². The molecule has 3 nitrogen and oxygen atoms in total. The number of likely N-dealkylation sites (tertiary alicyclic amines) is 1. The molecule has 0 aromatic heterocycles. The summed E-state index contributed by atoms with van der Waals surface area (Å²) in [4.78, 5) is 12.7. The number of halogens is 3. The van der Waals surface area contributed by atoms with E-state index in [0.717, 1.165) is 4.90 Å². The molecular formula is C14H16F3NO2. The van der Waals surface area contributed by atoms with Gasteiger partial charge in [0.1, 0.15) is 0 Å². The monoisotopic (exact) mass is 287 g/mol. The van der Waals surface area contributed by atoms with Gasteiger partial charge in [-0.2, -0.15) is 13.2 Å². The van der Waals surface area contributed by atoms with E-state index >= 15 is 0 Å². The summed E-state index contributed by atoms with van der Waals surface area (Å²) in [5, 5.41) is 9.67. The quantitative estimate of drug-likeness (QED) is 0.908. The normalized spacial score (nSPS) is 25.6. The summed E-state index contributed by atoms with van der Waals surface area (Å²) < 4.78 is 39.4. The Morgan fingerprint density at radius 2 is 1.90 bits per heavy atom. The van der Waals surface area contributed by atoms with E-state index < -0.39 is 30.3 Å². The summed E-state index contributed by atoms with van der Waals surface area (Å²) in [6, 6.07) is 5.64. The minimum Gasteiger partial charge on any atom is -0.391 e. The van der Waals surface area contributed by atoms with Gasteiger partial charge in [0, 0.05) is 6.42 Å². The Bertz CT molecular complexity index is 475. The smallest absolute Gasteiger partial charge is 0.391 e. The molecule has 1 amide bonds. The van der Waals surface area contributed by atoms with Gasteiger partial charge in [-0.3, -0.25) is 4.79 Å². The number of rotatable bonds is 2. The van der Waals surface area contributed by atoms with Crippen LogP contribution in [-0.4, -0.2) is 34.2 Å². The fourth-order valence-corrected chi connectivity index (χ4v) is 2.62. The highest BCUT2D eigenvalue weighted by atomic mass is 19.4. The van der Waals surface area contributed by atoms with E-state index in [0.29, 0.717) is 5.56 Å². The van der Waals surface area contributed by atoms with E-state index in [2.05, 4.69) is 0 Å². The van der Waals surface area contributed by atoms with Crippen LogP contribution in [0.5, 0.6) is 0 Å². The van der Waals surface area contributed by atoms with Gasteiger partial charge in [0.05, 0.1) is 12.1 Å². The molecule has 0 aliphatic carbocycles. The summed E-state index contributed by atoms with van der Waals surface area (Å²) in [5.41, 5.74) is 0.615. The van der Waals surface area contributed by atoms with Crippen molar-refractivity contribution in [3.05, 3.63) is 35.9 Å². The summed E-state index contributed by atoms with van der Waals surface area (Å²) in [7, 11) is 0. The number of carbonyl (C=O) groups is 1. The Morgan fingerprint density at radius 1 is 1.30 bits per heavy atom. The van der Waals surface area contributed by atoms with E-state index in [1.165, 1.54) is 0 Å². The summed E-state index contributed by atoms with van der Waals surface area (Å²) >= 11 is 0. The van der Waals surface area contributed by atoms with Crippen LogP contribution in [0.3, 0.4) is 0 Å². The first-order valence-corrected chi connectivity index (χ1v) is 6.43. The number of nitrogens with zero attached hydrogens (tertiary/aromatic N) is 1. The van der Waals surface area contributed by atoms with Crippen LogP contribution >= 0.6 is 0 Å². The van der Waals surface area contributed by atoms with Crippen molar-refractivity contribution in [2.24, 2.45) is 0 Å². The highest BCUT2D eigenvalue weighted by molar-refractivity contribution is 5.78. The zero-order valence-corrected chi connectivity index (χ0v) is 11.0. The van der Waals surface area contributed by atoms with E-state index in [1.807, 2.05) is 0 Å². The average Bonchev–Trinajstić information content (AvgIpc) is 2.40. The van der Waals surface area contributed by atoms with Crippen molar-refractivity contribution in [3.8, 4) is 0 Å². The van der Waals surface area contributed by atoms with Gasteiger partial charge >= 0.3 is 6.18 Å². The standard InChI is InChI=1S/C14H16F3NO2/c1-9(10-5-3-2-4-6-10)18-12(20)8-7-11(19)13(18)14(15,16)17/h2-6,9,11,13,19H,7-8H2,1H3/t9-,11+,13+/m0/s1. The lowest BCUT2D eigenvalue weighted by molar-refractivity contribution is -0.223. The first-order valence-electron chi connectivity index (χ1n) is 6.43. The maximum absolute atomic E-state index is 13.1. The topological polar surface area (TPSA) is 40.5 Å². The van der Waals surface area contributed by atoms with Crippen molar-refractivity contribution in [2.45, 2.75) is 44.1 Å². The maximum Gasteiger partial charge on any atom is 0.411 e. The largest absolute Gasteiger partial charge is 0.411 e. The van der Waals surface area contributed by atoms with Crippen molar-refractivity contribution >= 4 is 5.91 Å². The molecule has 3 atom stereocenters. The Labute approximate surface area is 115 Å². The number of amides is 1. The lowest BCUT2D eigenvalue weighted by Gasteiger charge is -2.43. The predicted molar refractivity (Wildman–Crippen MR) is 66.8 cm³/mol. The molecule has 0 spiro atoms. The first-order chi connectivity index (χ1) is 9.32. The van der Waals surface area contributed by atoms with Gasteiger partial charge in [-0.05, 0) is 18.9 Å². The van der Waals surface area contributed by atoms with Gasteiger partial charge in [-0.1, -0.05) is 30.3 Å². The van der Waals surface area contributed by atoms with E-state index in [-0.39, 0.29) is 12.8 Å². The third-order valence-electron chi connectivity index (χ3n) is 3.64. The molecule has 6 heteroatoms. The third-order valence-corrected chi connectivity index (χ3v) is 3.64. The van der Waals surface area contributed by atoms with Crippen molar-refractivity contribution in [1.82, 2.24) is 4.90 Å². The van der Waals surface area contributed by atoms with Crippen molar-refractivity contribution in [2.75, 3.05) is 0 Å². The summed E-state index contributed by atoms with van der Waals surface area (Å²) in [6.07, 6.45) is -6.43. The molecule has 110 valence electrons. The molecule has 1 aliphatic heterocycles. The van der Waals surface area contributed by atoms with Crippen LogP contribution in [0.1, 0.15) is 31.4 Å². The number of hydrogen-bond acceptors (Lipinski definition) is 2. The van der Waals surface area contributed by atoms with E-state index in [9.17, 15) is 23.1 Å². The lowest BCUT2D eigenvalue weighted by Crippen LogP contribution is -2.58. The molecule has 0 radical (unpaired) electrons. The summed E-state index contributed by atoms with van der Waals surface area (Å²) in [6.45, 7) is 1.55. The van der Waals surface area contributed by atoms with Crippen molar-refractivity contribution < 1.29 is 23.1 Å². The van der Waals surface area contributed by atoms with Gasteiger partial charge in [-0.25, -0.2) is 0 Å². The molecule has 1 saturated heterocycles. The number of aliphatic hydroxyl groups excluding tert-OH is 1. The predicted octanol–water partition coefficient (Wildman–Crippen LogP) is 2.66. The number of carbonyl (C=O) groups excluding carboxylic acids is 1. The van der Waals surface area contributed by atoms with Crippen molar-refractivity contribution in [3.63, 3.8) is 0 Å². The lowest BCUT2D eigenvalue weighted by atomic mass is 9.94. The minimum absolute atomic E-state index is 0.0646. The number of piperidine rings is 1. The molecule has 20 heavy (non-hydrogen) atoms. The number of benzene rings is 1. The fraction of sp³-hybridized carbons (Fsp3) is 0.500. The molecular weight excluding hydrogens is 271 g/mol. The van der Waals surface area contributed by atoms with E-state index in [4.69, 9.17) is 0 Å². The van der Waals surface area contributed by atoms with Crippen LogP contribution in [0, 0.1) is 0 Å². The van der Waals surface area contributed by atoms with Gasteiger partial charge in [0.15, 0.2) is 6.04 Å². The molecule has 0 bridgehead atoms. The second kappa shape index (κ2) is 5.44. The van der Waals surface area contributed by atoms with Crippen LogP contribution in [-0.2, 0) is 4.79 Å². The highest BCUT2D eigenvalue weighted by Gasteiger charge is 2.53. The molecule has 1 aromatic rings. The van der Waals surface area contributed by atoms with Crippen LogP contribution in [0.2, 0.25) is 0 Å². The van der Waals surface area contributed by atoms with Crippen LogP contribution in [0.25, 0.3) is 0 Å². The maximum atomic E-state index is 13.1. The van der Waals surface area contributed by atoms with Gasteiger partial charge in [0.25, 0.3) is 0 Å². The second-order valence-corrected chi connectivity index (χ2v) is 4.98. The van der Waals surface area contributed by atoms with Gasteiger partial charge in [-0.15, -0.1) is 0 Å². The Balaban J connectivity index is 2.36. The SMILES string of the molecule is C[C@@H](c1ccccc1)N1C(=O)CC[C@@H](O)[C@@H]1C(F)(F)F. The van der Waals surface area contributed by atoms with E-state index in [1.54, 1.807) is 37.3 Å². The first kappa shape index (κ1) is 14.8. The molecule has 1 N–H and O–H groups in total. The Hall–Kier alpha value is -1.56. The second-order valence-electron chi connectivity index (χ2n) is 4.98. The summed E-state index contributed by atoms with van der Waals surface area (Å²) in [5.74, 6) is -0.575. The highest BCUT2D eigenvalue weighted by Crippen LogP contribution is 2.37. The third kappa shape index (κ3) is 2.80. The number of aliphatic hydroxyl groups is 1. The zero-order chi connectivity index (χ0) is 14.9. The average molecular weight is 287 g/mol. The molecule has 2 rings (SSSR count). The molecule has 0 saturated carbocycles. The van der Waals surface area contributed by atoms with Gasteiger partial charge < -0.3 is 10.0 Å². The minimum atomic E-state index is -4.64. The van der Waals surface area contributed by atoms with Crippen LogP contribution < -0.4 is 0 Å². The number of hydrogen-bond donors (Lipinski definition) is 1. The molecule has 1 aromatic carbocycles. The Morgan fingerprint density at radius 3 is 2.45 bits per heavy atom. The van der Waals surface area contributed by atoms with Crippen LogP contribution in [0.15, 0.2) is 30.3 Å². The zero-order valence-electron chi connectivity index (χ0n) is 11.0. The number of alkyl halides is 3. The Kier molecular flexibility index (Phi) is 4.04. The molecule has 1 fully saturated rings. The molecule has 0 unspecified atom stereocenters. The van der Waals surface area contributed by atoms with Gasteiger partial charge in [0.2, 0.25) is 5.91 Å².